The number of halogens is 2. The van der Waals surface area contributed by atoms with Crippen LogP contribution < -0.4 is 10.7 Å². The number of ether oxygens (including phenoxy) is 1. The predicted molar refractivity (Wildman–Crippen MR) is 52.6 cm³/mol. The SMILES string of the molecule is NNSCOCC1CCC(F)(F)CC1. The zero-order valence-corrected chi connectivity index (χ0v) is 8.79. The quantitative estimate of drug-likeness (QED) is 0.247. The van der Waals surface area contributed by atoms with Crippen molar-refractivity contribution < 1.29 is 13.5 Å². The molecule has 84 valence electrons. The molecule has 0 amide bonds. The molecule has 0 aromatic rings. The molecule has 1 aliphatic carbocycles. The van der Waals surface area contributed by atoms with Crippen molar-refractivity contribution in [3.63, 3.8) is 0 Å². The lowest BCUT2D eigenvalue weighted by Crippen LogP contribution is -2.27. The van der Waals surface area contributed by atoms with Crippen LogP contribution >= 0.6 is 11.9 Å². The first-order valence-corrected chi connectivity index (χ1v) is 5.65. The van der Waals surface area contributed by atoms with E-state index in [-0.39, 0.29) is 18.8 Å². The molecule has 1 rings (SSSR count). The molecule has 3 nitrogen and oxygen atoms in total. The topological polar surface area (TPSA) is 47.3 Å². The van der Waals surface area contributed by atoms with Crippen LogP contribution in [0.25, 0.3) is 0 Å². The van der Waals surface area contributed by atoms with Gasteiger partial charge in [0, 0.05) is 12.8 Å². The number of hydrogen-bond donors (Lipinski definition) is 2. The fourth-order valence-corrected chi connectivity index (χ4v) is 1.80. The second kappa shape index (κ2) is 5.85. The van der Waals surface area contributed by atoms with Gasteiger partial charge in [-0.3, -0.25) is 5.84 Å². The van der Waals surface area contributed by atoms with Gasteiger partial charge in [-0.05, 0) is 30.7 Å². The van der Waals surface area contributed by atoms with Crippen LogP contribution in [0.4, 0.5) is 8.78 Å². The highest BCUT2D eigenvalue weighted by molar-refractivity contribution is 7.97. The zero-order valence-electron chi connectivity index (χ0n) is 7.97. The van der Waals surface area contributed by atoms with Crippen molar-refractivity contribution in [2.24, 2.45) is 11.8 Å². The molecular weight excluding hydrogens is 210 g/mol. The lowest BCUT2D eigenvalue weighted by molar-refractivity contribution is -0.0538. The molecule has 3 N–H and O–H groups in total. The third kappa shape index (κ3) is 4.54. The molecule has 0 atom stereocenters. The smallest absolute Gasteiger partial charge is 0.248 e. The lowest BCUT2D eigenvalue weighted by Gasteiger charge is -2.27. The summed E-state index contributed by atoms with van der Waals surface area (Å²) >= 11 is 1.25. The highest BCUT2D eigenvalue weighted by Crippen LogP contribution is 2.36. The monoisotopic (exact) mass is 226 g/mol. The van der Waals surface area contributed by atoms with Gasteiger partial charge in [-0.1, -0.05) is 0 Å². The van der Waals surface area contributed by atoms with Crippen molar-refractivity contribution in [3.05, 3.63) is 0 Å². The summed E-state index contributed by atoms with van der Waals surface area (Å²) in [6.45, 7) is 0.560. The zero-order chi connectivity index (χ0) is 10.4. The normalized spacial score (nSPS) is 22.5. The summed E-state index contributed by atoms with van der Waals surface area (Å²) in [6.07, 6.45) is 1.13. The largest absolute Gasteiger partial charge is 0.369 e. The van der Waals surface area contributed by atoms with E-state index in [4.69, 9.17) is 10.6 Å². The summed E-state index contributed by atoms with van der Waals surface area (Å²) in [7, 11) is 0. The Morgan fingerprint density at radius 3 is 2.64 bits per heavy atom. The van der Waals surface area contributed by atoms with Crippen LogP contribution in [-0.4, -0.2) is 18.5 Å². The number of nitrogens with one attached hydrogen (secondary N) is 1. The van der Waals surface area contributed by atoms with Gasteiger partial charge in [0.05, 0.1) is 6.61 Å². The van der Waals surface area contributed by atoms with Gasteiger partial charge in [-0.15, -0.1) is 0 Å². The molecule has 0 bridgehead atoms. The van der Waals surface area contributed by atoms with Crippen molar-refractivity contribution in [2.45, 2.75) is 31.6 Å². The molecule has 14 heavy (non-hydrogen) atoms. The van der Waals surface area contributed by atoms with E-state index in [1.54, 1.807) is 0 Å². The second-order valence-electron chi connectivity index (χ2n) is 3.55. The van der Waals surface area contributed by atoms with Gasteiger partial charge in [0.1, 0.15) is 5.94 Å². The van der Waals surface area contributed by atoms with Gasteiger partial charge < -0.3 is 4.74 Å². The number of alkyl halides is 2. The van der Waals surface area contributed by atoms with E-state index in [9.17, 15) is 8.78 Å². The molecule has 0 unspecified atom stereocenters. The van der Waals surface area contributed by atoms with E-state index in [2.05, 4.69) is 4.83 Å². The molecule has 0 radical (unpaired) electrons. The van der Waals surface area contributed by atoms with Gasteiger partial charge in [-0.25, -0.2) is 13.6 Å². The van der Waals surface area contributed by atoms with E-state index in [1.807, 2.05) is 0 Å². The number of nitrogens with two attached hydrogens (primary N) is 1. The maximum atomic E-state index is 12.7. The van der Waals surface area contributed by atoms with E-state index in [1.165, 1.54) is 11.9 Å². The standard InChI is InChI=1S/C8H16F2N2OS/c9-8(10)3-1-7(2-4-8)5-13-6-14-12-11/h7,12H,1-6,11H2. The van der Waals surface area contributed by atoms with Crippen molar-refractivity contribution in [3.8, 4) is 0 Å². The van der Waals surface area contributed by atoms with Crippen LogP contribution in [0.15, 0.2) is 0 Å². The Kier molecular flexibility index (Phi) is 5.08. The number of hydrogen-bond acceptors (Lipinski definition) is 4. The average molecular weight is 226 g/mol. The average Bonchev–Trinajstić information content (AvgIpc) is 2.15. The molecule has 0 spiro atoms. The number of hydrazine groups is 1. The Balaban J connectivity index is 2.04. The summed E-state index contributed by atoms with van der Waals surface area (Å²) in [5, 5.41) is 0. The summed E-state index contributed by atoms with van der Waals surface area (Å²) in [6, 6.07) is 0. The maximum Gasteiger partial charge on any atom is 0.248 e. The summed E-state index contributed by atoms with van der Waals surface area (Å²) in [5.41, 5.74) is 0. The Labute approximate surface area is 86.9 Å². The molecule has 0 aromatic carbocycles. The molecule has 1 saturated carbocycles. The van der Waals surface area contributed by atoms with Gasteiger partial charge in [0.15, 0.2) is 0 Å². The van der Waals surface area contributed by atoms with E-state index in [0.717, 1.165) is 0 Å². The minimum atomic E-state index is -2.44. The van der Waals surface area contributed by atoms with Crippen molar-refractivity contribution in [2.75, 3.05) is 12.5 Å². The first kappa shape index (κ1) is 12.2. The van der Waals surface area contributed by atoms with E-state index in [0.29, 0.717) is 25.4 Å². The van der Waals surface area contributed by atoms with Gasteiger partial charge in [-0.2, -0.15) is 0 Å². The fraction of sp³-hybridized carbons (Fsp3) is 1.00. The Hall–Kier alpha value is 0.0900. The Bertz CT molecular complexity index is 161. The molecule has 1 aliphatic rings. The minimum absolute atomic E-state index is 0.00328. The van der Waals surface area contributed by atoms with Crippen molar-refractivity contribution in [1.82, 2.24) is 4.83 Å². The van der Waals surface area contributed by atoms with Gasteiger partial charge in [0.25, 0.3) is 0 Å². The Morgan fingerprint density at radius 2 is 2.07 bits per heavy atom. The van der Waals surface area contributed by atoms with Crippen LogP contribution in [0.5, 0.6) is 0 Å². The first-order chi connectivity index (χ1) is 6.64. The van der Waals surface area contributed by atoms with Crippen molar-refractivity contribution in [1.29, 1.82) is 0 Å². The predicted octanol–water partition coefficient (Wildman–Crippen LogP) is 1.90. The number of rotatable bonds is 5. The first-order valence-electron chi connectivity index (χ1n) is 4.67. The minimum Gasteiger partial charge on any atom is -0.369 e. The van der Waals surface area contributed by atoms with E-state index >= 15 is 0 Å². The Morgan fingerprint density at radius 1 is 1.43 bits per heavy atom. The lowest BCUT2D eigenvalue weighted by atomic mass is 9.87. The van der Waals surface area contributed by atoms with Crippen molar-refractivity contribution >= 4 is 11.9 Å². The maximum absolute atomic E-state index is 12.7. The molecule has 1 fully saturated rings. The fourth-order valence-electron chi connectivity index (χ4n) is 1.56. The molecule has 6 heteroatoms. The molecule has 0 saturated heterocycles. The summed E-state index contributed by atoms with van der Waals surface area (Å²) in [4.78, 5) is 2.39. The van der Waals surface area contributed by atoms with Crippen LogP contribution in [0.2, 0.25) is 0 Å². The van der Waals surface area contributed by atoms with Gasteiger partial charge in [0.2, 0.25) is 5.92 Å². The third-order valence-electron chi connectivity index (χ3n) is 2.42. The third-order valence-corrected chi connectivity index (χ3v) is 2.87. The van der Waals surface area contributed by atoms with Gasteiger partial charge >= 0.3 is 0 Å². The molecule has 0 aromatic heterocycles. The highest BCUT2D eigenvalue weighted by Gasteiger charge is 2.34. The van der Waals surface area contributed by atoms with Crippen LogP contribution in [0.1, 0.15) is 25.7 Å². The molecule has 0 heterocycles. The summed E-state index contributed by atoms with van der Waals surface area (Å²) in [5.74, 6) is 3.32. The summed E-state index contributed by atoms with van der Waals surface area (Å²) < 4.78 is 30.8. The van der Waals surface area contributed by atoms with Crippen LogP contribution in [0, 0.1) is 5.92 Å². The van der Waals surface area contributed by atoms with E-state index < -0.39 is 5.92 Å². The van der Waals surface area contributed by atoms with Crippen LogP contribution in [-0.2, 0) is 4.74 Å². The van der Waals surface area contributed by atoms with Crippen LogP contribution in [0.3, 0.4) is 0 Å². The second-order valence-corrected chi connectivity index (χ2v) is 4.31. The molecule has 0 aliphatic heterocycles. The molecular formula is C8H16F2N2OS. The highest BCUT2D eigenvalue weighted by atomic mass is 32.2.